The van der Waals surface area contributed by atoms with Crippen molar-refractivity contribution < 1.29 is 15.8 Å². The van der Waals surface area contributed by atoms with E-state index in [0.717, 1.165) is 37.2 Å². The third-order valence-electron chi connectivity index (χ3n) is 5.20. The molecule has 2 heterocycles. The number of hydrogen-bond acceptors (Lipinski definition) is 4. The molecule has 0 aromatic carbocycles. The molecule has 25 heavy (non-hydrogen) atoms. The van der Waals surface area contributed by atoms with E-state index >= 15 is 0 Å². The maximum atomic E-state index is 12.5. The van der Waals surface area contributed by atoms with Crippen LogP contribution in [-0.2, 0) is 4.74 Å². The molecular formula is C19H30N2O3S. The summed E-state index contributed by atoms with van der Waals surface area (Å²) in [5.74, 6) is 1.27. The van der Waals surface area contributed by atoms with Crippen molar-refractivity contribution in [3.63, 3.8) is 0 Å². The summed E-state index contributed by atoms with van der Waals surface area (Å²) < 4.78 is 5.08. The number of thiophene rings is 1. The number of hydrogen-bond donors (Lipinski definition) is 1. The second kappa shape index (κ2) is 8.21. The minimum Gasteiger partial charge on any atom is -0.450 e. The molecule has 2 aliphatic rings. The Balaban J connectivity index is 0.00000243. The summed E-state index contributed by atoms with van der Waals surface area (Å²) in [7, 11) is 0. The molecular weight excluding hydrogens is 336 g/mol. The van der Waals surface area contributed by atoms with E-state index in [4.69, 9.17) is 4.74 Å². The topological polar surface area (TPSA) is 58.6 Å². The number of ether oxygens (including phenoxy) is 1. The van der Waals surface area contributed by atoms with Crippen LogP contribution in [0.3, 0.4) is 0 Å². The van der Waals surface area contributed by atoms with E-state index in [1.807, 2.05) is 26.0 Å². The van der Waals surface area contributed by atoms with Gasteiger partial charge >= 0.3 is 6.09 Å². The quantitative estimate of drug-likeness (QED) is 0.825. The largest absolute Gasteiger partial charge is 0.450 e. The standard InChI is InChI=1S/C19H28N2O3S.H2/c1-3-24-19(23)21-10-8-14(9-11-21)12-16(15-5-6-15)20-18(22)17-7-4-13(2)25-17;/h4,7,14-16H,3,5-6,8-12H2,1-2H3,(H,20,22);1H/t16-;/m0./s1. The molecule has 0 unspecified atom stereocenters. The fraction of sp³-hybridized carbons (Fsp3) is 0.684. The molecule has 3 rings (SSSR count). The van der Waals surface area contributed by atoms with Crippen LogP contribution in [0, 0.1) is 18.8 Å². The Bertz CT molecular complexity index is 610. The molecule has 2 amide bonds. The predicted molar refractivity (Wildman–Crippen MR) is 101 cm³/mol. The average Bonchev–Trinajstić information content (AvgIpc) is 3.36. The summed E-state index contributed by atoms with van der Waals surface area (Å²) >= 11 is 1.55. The first kappa shape index (κ1) is 18.2. The van der Waals surface area contributed by atoms with Crippen LogP contribution in [-0.4, -0.2) is 42.6 Å². The van der Waals surface area contributed by atoms with Gasteiger partial charge in [0.1, 0.15) is 0 Å². The second-order valence-electron chi connectivity index (χ2n) is 7.19. The Morgan fingerprint density at radius 2 is 2.04 bits per heavy atom. The maximum Gasteiger partial charge on any atom is 0.409 e. The lowest BCUT2D eigenvalue weighted by molar-refractivity contribution is 0.0868. The monoisotopic (exact) mass is 366 g/mol. The first-order valence-corrected chi connectivity index (χ1v) is 10.2. The van der Waals surface area contributed by atoms with Crippen LogP contribution in [0.1, 0.15) is 55.0 Å². The Morgan fingerprint density at radius 3 is 2.60 bits per heavy atom. The molecule has 5 nitrogen and oxygen atoms in total. The van der Waals surface area contributed by atoms with E-state index in [1.165, 1.54) is 17.7 Å². The third-order valence-corrected chi connectivity index (χ3v) is 6.20. The van der Waals surface area contributed by atoms with Gasteiger partial charge in [0.15, 0.2) is 0 Å². The summed E-state index contributed by atoms with van der Waals surface area (Å²) in [4.78, 5) is 28.1. The van der Waals surface area contributed by atoms with Crippen molar-refractivity contribution in [3.05, 3.63) is 21.9 Å². The predicted octanol–water partition coefficient (Wildman–Crippen LogP) is 4.07. The molecule has 1 atom stereocenters. The van der Waals surface area contributed by atoms with Gasteiger partial charge in [-0.2, -0.15) is 0 Å². The van der Waals surface area contributed by atoms with Gasteiger partial charge in [0, 0.05) is 25.4 Å². The van der Waals surface area contributed by atoms with Crippen molar-refractivity contribution >= 4 is 23.3 Å². The Morgan fingerprint density at radius 1 is 1.32 bits per heavy atom. The number of likely N-dealkylation sites (tertiary alicyclic amines) is 1. The van der Waals surface area contributed by atoms with E-state index < -0.39 is 0 Å². The lowest BCUT2D eigenvalue weighted by atomic mass is 9.88. The molecule has 0 bridgehead atoms. The number of nitrogens with one attached hydrogen (secondary N) is 1. The molecule has 1 N–H and O–H groups in total. The molecule has 1 aliphatic heterocycles. The highest BCUT2D eigenvalue weighted by molar-refractivity contribution is 7.13. The molecule has 1 aliphatic carbocycles. The zero-order chi connectivity index (χ0) is 17.8. The minimum absolute atomic E-state index is 0. The summed E-state index contributed by atoms with van der Waals surface area (Å²) in [5.41, 5.74) is 0. The van der Waals surface area contributed by atoms with Crippen LogP contribution in [0.2, 0.25) is 0 Å². The van der Waals surface area contributed by atoms with Gasteiger partial charge in [0.2, 0.25) is 0 Å². The molecule has 1 saturated carbocycles. The number of rotatable bonds is 6. The maximum absolute atomic E-state index is 12.5. The molecule has 0 radical (unpaired) electrons. The van der Waals surface area contributed by atoms with Gasteiger partial charge in [-0.3, -0.25) is 4.79 Å². The van der Waals surface area contributed by atoms with Crippen LogP contribution in [0.4, 0.5) is 4.79 Å². The first-order valence-electron chi connectivity index (χ1n) is 9.35. The van der Waals surface area contributed by atoms with Gasteiger partial charge in [0.05, 0.1) is 11.5 Å². The molecule has 140 valence electrons. The number of aryl methyl sites for hydroxylation is 1. The van der Waals surface area contributed by atoms with Crippen LogP contribution < -0.4 is 5.32 Å². The summed E-state index contributed by atoms with van der Waals surface area (Å²) in [5, 5.41) is 3.28. The van der Waals surface area contributed by atoms with E-state index in [0.29, 0.717) is 18.4 Å². The highest BCUT2D eigenvalue weighted by atomic mass is 32.1. The highest BCUT2D eigenvalue weighted by Gasteiger charge is 2.35. The fourth-order valence-corrected chi connectivity index (χ4v) is 4.36. The smallest absolute Gasteiger partial charge is 0.409 e. The van der Waals surface area contributed by atoms with Gasteiger partial charge < -0.3 is 15.0 Å². The van der Waals surface area contributed by atoms with Crippen molar-refractivity contribution in [3.8, 4) is 0 Å². The lowest BCUT2D eigenvalue weighted by Gasteiger charge is -2.33. The van der Waals surface area contributed by atoms with Gasteiger partial charge in [-0.25, -0.2) is 4.79 Å². The van der Waals surface area contributed by atoms with Crippen LogP contribution in [0.5, 0.6) is 0 Å². The summed E-state index contributed by atoms with van der Waals surface area (Å²) in [6, 6.07) is 4.18. The highest BCUT2D eigenvalue weighted by Crippen LogP contribution is 2.37. The number of piperidine rings is 1. The lowest BCUT2D eigenvalue weighted by Crippen LogP contribution is -2.42. The van der Waals surface area contributed by atoms with Crippen molar-refractivity contribution in [2.75, 3.05) is 19.7 Å². The van der Waals surface area contributed by atoms with Crippen molar-refractivity contribution in [1.29, 1.82) is 0 Å². The van der Waals surface area contributed by atoms with Gasteiger partial charge in [0.25, 0.3) is 5.91 Å². The number of amides is 2. The summed E-state index contributed by atoms with van der Waals surface area (Å²) in [6.45, 7) is 5.81. The minimum atomic E-state index is -0.193. The van der Waals surface area contributed by atoms with E-state index in [2.05, 4.69) is 5.32 Å². The zero-order valence-electron chi connectivity index (χ0n) is 15.1. The third kappa shape index (κ3) is 4.97. The second-order valence-corrected chi connectivity index (χ2v) is 8.48. The molecule has 1 saturated heterocycles. The number of nitrogens with zero attached hydrogens (tertiary/aromatic N) is 1. The van der Waals surface area contributed by atoms with Crippen molar-refractivity contribution in [2.45, 2.75) is 52.0 Å². The van der Waals surface area contributed by atoms with E-state index in [9.17, 15) is 9.59 Å². The molecule has 2 fully saturated rings. The normalized spacial score (nSPS) is 19.5. The molecule has 1 aromatic heterocycles. The van der Waals surface area contributed by atoms with Gasteiger partial charge in [-0.15, -0.1) is 11.3 Å². The van der Waals surface area contributed by atoms with Crippen molar-refractivity contribution in [1.82, 2.24) is 10.2 Å². The molecule has 1 aromatic rings. The molecule has 6 heteroatoms. The SMILES string of the molecule is CCOC(=O)N1CCC(C[C@H](NC(=O)c2ccc(C)s2)C2CC2)CC1.[HH]. The van der Waals surface area contributed by atoms with Gasteiger partial charge in [-0.05, 0) is 69.9 Å². The van der Waals surface area contributed by atoms with Crippen LogP contribution in [0.15, 0.2) is 12.1 Å². The first-order chi connectivity index (χ1) is 12.1. The van der Waals surface area contributed by atoms with E-state index in [-0.39, 0.29) is 19.5 Å². The number of carbonyl (C=O) groups excluding carboxylic acids is 2. The molecule has 0 spiro atoms. The van der Waals surface area contributed by atoms with Crippen molar-refractivity contribution in [2.24, 2.45) is 11.8 Å². The Kier molecular flexibility index (Phi) is 5.99. The van der Waals surface area contributed by atoms with Crippen LogP contribution >= 0.6 is 11.3 Å². The summed E-state index contributed by atoms with van der Waals surface area (Å²) in [6.07, 6.45) is 5.26. The fourth-order valence-electron chi connectivity index (χ4n) is 3.59. The van der Waals surface area contributed by atoms with Crippen LogP contribution in [0.25, 0.3) is 0 Å². The zero-order valence-corrected chi connectivity index (χ0v) is 15.9. The number of carbonyl (C=O) groups is 2. The van der Waals surface area contributed by atoms with E-state index in [1.54, 1.807) is 16.2 Å². The Labute approximate surface area is 155 Å². The Hall–Kier alpha value is -1.56. The average molecular weight is 367 g/mol. The van der Waals surface area contributed by atoms with Gasteiger partial charge in [-0.1, -0.05) is 0 Å².